The van der Waals surface area contributed by atoms with Crippen molar-refractivity contribution in [1.82, 2.24) is 10.6 Å². The van der Waals surface area contributed by atoms with E-state index in [1.165, 1.54) is 7.05 Å². The Hall–Kier alpha value is -2.70. The van der Waals surface area contributed by atoms with Gasteiger partial charge < -0.3 is 15.4 Å². The average Bonchev–Trinajstić information content (AvgIpc) is 2.63. The summed E-state index contributed by atoms with van der Waals surface area (Å²) in [5.74, 6) is 1.05. The summed E-state index contributed by atoms with van der Waals surface area (Å²) in [6.45, 7) is 0.677. The maximum absolute atomic E-state index is 12.2. The highest BCUT2D eigenvalue weighted by Gasteiger charge is 2.26. The van der Waals surface area contributed by atoms with Crippen LogP contribution in [0.25, 0.3) is 0 Å². The zero-order chi connectivity index (χ0) is 18.8. The third-order valence-electron chi connectivity index (χ3n) is 3.53. The number of halogens is 3. The van der Waals surface area contributed by atoms with Crippen molar-refractivity contribution in [1.29, 1.82) is 0 Å². The first-order valence-electron chi connectivity index (χ1n) is 8.23. The van der Waals surface area contributed by atoms with Crippen molar-refractivity contribution >= 4 is 5.96 Å². The number of ether oxygens (including phenoxy) is 1. The van der Waals surface area contributed by atoms with Crippen LogP contribution in [0.3, 0.4) is 0 Å². The van der Waals surface area contributed by atoms with E-state index in [9.17, 15) is 13.2 Å². The highest BCUT2D eigenvalue weighted by molar-refractivity contribution is 5.79. The van der Waals surface area contributed by atoms with Gasteiger partial charge in [-0.05, 0) is 23.3 Å². The van der Waals surface area contributed by atoms with Crippen LogP contribution in [-0.2, 0) is 13.2 Å². The molecule has 0 heterocycles. The van der Waals surface area contributed by atoms with E-state index in [2.05, 4.69) is 15.6 Å². The van der Waals surface area contributed by atoms with Crippen LogP contribution in [0, 0.1) is 0 Å². The Kier molecular flexibility index (Phi) is 7.32. The maximum Gasteiger partial charge on any atom is 0.390 e. The Bertz CT molecular complexity index is 703. The number of hydrogen-bond acceptors (Lipinski definition) is 2. The maximum atomic E-state index is 12.2. The minimum atomic E-state index is -4.18. The Morgan fingerprint density at radius 2 is 1.73 bits per heavy atom. The van der Waals surface area contributed by atoms with Crippen LogP contribution in [-0.4, -0.2) is 25.7 Å². The lowest BCUT2D eigenvalue weighted by Gasteiger charge is -2.13. The molecule has 7 heteroatoms. The quantitative estimate of drug-likeness (QED) is 0.578. The van der Waals surface area contributed by atoms with Crippen molar-refractivity contribution in [2.24, 2.45) is 4.99 Å². The summed E-state index contributed by atoms with van der Waals surface area (Å²) >= 11 is 0. The second kappa shape index (κ2) is 9.70. The molecule has 0 spiro atoms. The number of guanidine groups is 1. The smallest absolute Gasteiger partial charge is 0.390 e. The van der Waals surface area contributed by atoms with E-state index in [1.54, 1.807) is 0 Å². The normalized spacial score (nSPS) is 11.9. The van der Waals surface area contributed by atoms with E-state index >= 15 is 0 Å². The Labute approximate surface area is 151 Å². The fourth-order valence-electron chi connectivity index (χ4n) is 2.22. The molecule has 26 heavy (non-hydrogen) atoms. The molecule has 0 fully saturated rings. The van der Waals surface area contributed by atoms with Gasteiger partial charge >= 0.3 is 6.18 Å². The van der Waals surface area contributed by atoms with Gasteiger partial charge in [-0.1, -0.05) is 42.5 Å². The molecule has 0 aromatic heterocycles. The molecule has 0 bridgehead atoms. The van der Waals surface area contributed by atoms with Crippen LogP contribution in [0.4, 0.5) is 13.2 Å². The number of aliphatic imine (C=N–C) groups is 1. The zero-order valence-electron chi connectivity index (χ0n) is 14.5. The van der Waals surface area contributed by atoms with Crippen LogP contribution >= 0.6 is 0 Å². The van der Waals surface area contributed by atoms with E-state index in [0.717, 1.165) is 16.9 Å². The highest BCUT2D eigenvalue weighted by Crippen LogP contribution is 2.18. The van der Waals surface area contributed by atoms with Gasteiger partial charge in [-0.25, -0.2) is 0 Å². The summed E-state index contributed by atoms with van der Waals surface area (Å²) in [6, 6.07) is 17.4. The lowest BCUT2D eigenvalue weighted by molar-refractivity contribution is -0.132. The molecule has 2 rings (SSSR count). The highest BCUT2D eigenvalue weighted by atomic mass is 19.4. The van der Waals surface area contributed by atoms with E-state index < -0.39 is 12.6 Å². The second-order valence-electron chi connectivity index (χ2n) is 5.64. The van der Waals surface area contributed by atoms with Crippen LogP contribution < -0.4 is 15.4 Å². The monoisotopic (exact) mass is 365 g/mol. The number of benzene rings is 2. The van der Waals surface area contributed by atoms with Gasteiger partial charge in [-0.2, -0.15) is 13.2 Å². The predicted octanol–water partition coefficient (Wildman–Crippen LogP) is 3.88. The van der Waals surface area contributed by atoms with Gasteiger partial charge in [-0.15, -0.1) is 0 Å². The molecular weight excluding hydrogens is 343 g/mol. The first kappa shape index (κ1) is 19.6. The summed E-state index contributed by atoms with van der Waals surface area (Å²) in [7, 11) is 1.52. The van der Waals surface area contributed by atoms with Gasteiger partial charge in [0.05, 0.1) is 6.42 Å². The Morgan fingerprint density at radius 1 is 1.00 bits per heavy atom. The summed E-state index contributed by atoms with van der Waals surface area (Å²) in [6.07, 6.45) is -5.09. The third-order valence-corrected chi connectivity index (χ3v) is 3.53. The fourth-order valence-corrected chi connectivity index (χ4v) is 2.22. The molecular formula is C19H22F3N3O. The van der Waals surface area contributed by atoms with Gasteiger partial charge in [0.15, 0.2) is 5.96 Å². The molecule has 0 saturated carbocycles. The fraction of sp³-hybridized carbons (Fsp3) is 0.316. The minimum absolute atomic E-state index is 0.219. The number of nitrogens with one attached hydrogen (secondary N) is 2. The minimum Gasteiger partial charge on any atom is -0.489 e. The Morgan fingerprint density at radius 3 is 2.42 bits per heavy atom. The summed E-state index contributed by atoms with van der Waals surface area (Å²) in [4.78, 5) is 3.92. The standard InChI is InChI=1S/C19H22F3N3O/c1-23-18(24-11-10-19(20,21)22)25-13-16-8-5-9-17(12-16)26-14-15-6-3-2-4-7-15/h2-9,12H,10-11,13-14H2,1H3,(H2,23,24,25). The molecule has 2 N–H and O–H groups in total. The molecule has 0 radical (unpaired) electrons. The zero-order valence-corrected chi connectivity index (χ0v) is 14.5. The first-order chi connectivity index (χ1) is 12.5. The van der Waals surface area contributed by atoms with E-state index in [4.69, 9.17) is 4.74 Å². The lowest BCUT2D eigenvalue weighted by atomic mass is 10.2. The molecule has 0 aliphatic carbocycles. The van der Waals surface area contributed by atoms with Crippen molar-refractivity contribution in [3.05, 3.63) is 65.7 Å². The molecule has 2 aromatic carbocycles. The molecule has 0 saturated heterocycles. The van der Waals surface area contributed by atoms with Crippen LogP contribution in [0.2, 0.25) is 0 Å². The molecule has 140 valence electrons. The van der Waals surface area contributed by atoms with Gasteiger partial charge in [0.2, 0.25) is 0 Å². The van der Waals surface area contributed by atoms with Crippen molar-refractivity contribution < 1.29 is 17.9 Å². The number of nitrogens with zero attached hydrogens (tertiary/aromatic N) is 1. The molecule has 4 nitrogen and oxygen atoms in total. The van der Waals surface area contributed by atoms with Crippen molar-refractivity contribution in [2.45, 2.75) is 25.7 Å². The van der Waals surface area contributed by atoms with Gasteiger partial charge in [0.25, 0.3) is 0 Å². The van der Waals surface area contributed by atoms with Crippen molar-refractivity contribution in [3.8, 4) is 5.75 Å². The third kappa shape index (κ3) is 7.46. The van der Waals surface area contributed by atoms with Crippen LogP contribution in [0.1, 0.15) is 17.5 Å². The predicted molar refractivity (Wildman–Crippen MR) is 96.1 cm³/mol. The van der Waals surface area contributed by atoms with Crippen LogP contribution in [0.5, 0.6) is 5.75 Å². The van der Waals surface area contributed by atoms with Gasteiger partial charge in [0, 0.05) is 20.1 Å². The first-order valence-corrected chi connectivity index (χ1v) is 8.23. The molecule has 0 aliphatic heterocycles. The van der Waals surface area contributed by atoms with Crippen molar-refractivity contribution in [2.75, 3.05) is 13.6 Å². The lowest BCUT2D eigenvalue weighted by Crippen LogP contribution is -2.38. The van der Waals surface area contributed by atoms with E-state index in [-0.39, 0.29) is 6.54 Å². The van der Waals surface area contributed by atoms with Crippen molar-refractivity contribution in [3.63, 3.8) is 0 Å². The summed E-state index contributed by atoms with van der Waals surface area (Å²) in [5.41, 5.74) is 2.01. The van der Waals surface area contributed by atoms with Gasteiger partial charge in [-0.3, -0.25) is 4.99 Å². The van der Waals surface area contributed by atoms with Crippen LogP contribution in [0.15, 0.2) is 59.6 Å². The number of alkyl halides is 3. The SMILES string of the molecule is CN=C(NCCC(F)(F)F)NCc1cccc(OCc2ccccc2)c1. The second-order valence-corrected chi connectivity index (χ2v) is 5.64. The molecule has 2 aromatic rings. The van der Waals surface area contributed by atoms with E-state index in [1.807, 2.05) is 54.6 Å². The molecule has 0 unspecified atom stereocenters. The number of hydrogen-bond donors (Lipinski definition) is 2. The molecule has 0 amide bonds. The number of rotatable bonds is 7. The molecule has 0 aliphatic rings. The molecule has 0 atom stereocenters. The summed E-state index contributed by atoms with van der Waals surface area (Å²) < 4.78 is 42.3. The summed E-state index contributed by atoms with van der Waals surface area (Å²) in [5, 5.41) is 5.63. The van der Waals surface area contributed by atoms with E-state index in [0.29, 0.717) is 19.1 Å². The topological polar surface area (TPSA) is 45.7 Å². The largest absolute Gasteiger partial charge is 0.489 e. The van der Waals surface area contributed by atoms with Gasteiger partial charge in [0.1, 0.15) is 12.4 Å². The average molecular weight is 365 g/mol. The Balaban J connectivity index is 1.81.